The molecular formula is C31H39FN6O3. The minimum Gasteiger partial charge on any atom is -0.396 e. The Bertz CT molecular complexity index is 1530. The molecule has 9 nitrogen and oxygen atoms in total. The second-order valence-corrected chi connectivity index (χ2v) is 10.4. The van der Waals surface area contributed by atoms with E-state index in [1.54, 1.807) is 13.1 Å². The third kappa shape index (κ3) is 6.71. The summed E-state index contributed by atoms with van der Waals surface area (Å²) in [6.07, 6.45) is 4.30. The van der Waals surface area contributed by atoms with Gasteiger partial charge in [-0.2, -0.15) is 5.10 Å². The van der Waals surface area contributed by atoms with E-state index < -0.39 is 5.91 Å². The number of aromatic nitrogens is 2. The molecule has 0 saturated carbocycles. The molecule has 2 heterocycles. The number of carbonyl (C=O) groups is 2. The number of halogens is 1. The van der Waals surface area contributed by atoms with Crippen molar-refractivity contribution in [1.29, 1.82) is 0 Å². The normalized spacial score (nSPS) is 16.3. The number of fused-ring (bicyclic) bond motifs is 1. The number of nitrogens with one attached hydrogen (secondary N) is 1. The van der Waals surface area contributed by atoms with Gasteiger partial charge in [0.05, 0.1) is 17.4 Å². The topological polar surface area (TPSA) is 162 Å². The molecule has 0 unspecified atom stereocenters. The summed E-state index contributed by atoms with van der Waals surface area (Å²) in [6.45, 7) is 11.2. The van der Waals surface area contributed by atoms with E-state index in [2.05, 4.69) is 27.8 Å². The van der Waals surface area contributed by atoms with Gasteiger partial charge in [0, 0.05) is 35.4 Å². The molecule has 10 heteroatoms. The summed E-state index contributed by atoms with van der Waals surface area (Å²) < 4.78 is 20.1. The number of aliphatic imine (C=N–C) groups is 1. The Morgan fingerprint density at radius 2 is 1.85 bits per heavy atom. The standard InChI is InChI=1S/C30H36FN5O2.CH3NO/c1-6-17(2)26(25-18(3)7-10-24-22(25)16-34-36-24)27(32)28(29(33)37)35-19(4)21-15-20(31)8-9-23(21)30(5)11-13-38-14-12-30;2-1-3/h7-10,15-16H,6,11-14,32H2,1-5H3,(H2,33,37)(H,34,36);1H,(H2,2,3)/b26-17+,28-27+,35-19?;. The van der Waals surface area contributed by atoms with Crippen LogP contribution in [0.1, 0.15) is 69.2 Å². The SMILES string of the molecule is CC/C(C)=C(/C(N)=C(\N=C(C)c1cc(F)ccc1C1(C)CCOCC1)C(N)=O)c1c(C)ccc2[nH]ncc12.NC=O. The molecule has 2 aromatic carbocycles. The molecule has 4 rings (SSSR count). The van der Waals surface area contributed by atoms with Crippen molar-refractivity contribution in [2.24, 2.45) is 22.2 Å². The molecule has 1 aliphatic heterocycles. The number of aryl methyl sites for hydroxylation is 1. The number of allylic oxidation sites excluding steroid dienone is 2. The lowest BCUT2D eigenvalue weighted by Crippen LogP contribution is -2.32. The number of H-pyrrole nitrogens is 1. The van der Waals surface area contributed by atoms with Crippen LogP contribution in [0.25, 0.3) is 16.5 Å². The van der Waals surface area contributed by atoms with Crippen LogP contribution in [-0.4, -0.2) is 41.4 Å². The number of carbonyl (C=O) groups excluding carboxylic acids is 2. The third-order valence-electron chi connectivity index (χ3n) is 7.69. The summed E-state index contributed by atoms with van der Waals surface area (Å²) in [6, 6.07) is 8.68. The number of nitrogens with two attached hydrogens (primary N) is 3. The molecule has 3 aromatic rings. The molecule has 41 heavy (non-hydrogen) atoms. The van der Waals surface area contributed by atoms with Crippen molar-refractivity contribution in [1.82, 2.24) is 10.2 Å². The van der Waals surface area contributed by atoms with Crippen molar-refractivity contribution >= 4 is 34.5 Å². The first-order valence-electron chi connectivity index (χ1n) is 13.5. The molecule has 0 spiro atoms. The van der Waals surface area contributed by atoms with Crippen molar-refractivity contribution in [3.63, 3.8) is 0 Å². The molecule has 2 amide bonds. The highest BCUT2D eigenvalue weighted by Gasteiger charge is 2.32. The number of hydrogen-bond donors (Lipinski definition) is 4. The fraction of sp³-hybridized carbons (Fsp3) is 0.355. The number of nitrogens with zero attached hydrogens (tertiary/aromatic N) is 2. The van der Waals surface area contributed by atoms with E-state index in [9.17, 15) is 9.18 Å². The number of hydrogen-bond acceptors (Lipinski definition) is 6. The van der Waals surface area contributed by atoms with Gasteiger partial charge >= 0.3 is 0 Å². The lowest BCUT2D eigenvalue weighted by Gasteiger charge is -2.35. The van der Waals surface area contributed by atoms with Crippen LogP contribution in [0, 0.1) is 12.7 Å². The van der Waals surface area contributed by atoms with Gasteiger partial charge in [-0.3, -0.25) is 14.7 Å². The average molecular weight is 563 g/mol. The summed E-state index contributed by atoms with van der Waals surface area (Å²) >= 11 is 0. The van der Waals surface area contributed by atoms with Gasteiger partial charge < -0.3 is 21.9 Å². The molecule has 1 saturated heterocycles. The maximum absolute atomic E-state index is 14.5. The maximum Gasteiger partial charge on any atom is 0.269 e. The number of ether oxygens (including phenoxy) is 1. The van der Waals surface area contributed by atoms with Crippen molar-refractivity contribution in [2.45, 2.75) is 59.3 Å². The van der Waals surface area contributed by atoms with Gasteiger partial charge in [-0.1, -0.05) is 31.6 Å². The zero-order valence-corrected chi connectivity index (χ0v) is 24.3. The Labute approximate surface area is 239 Å². The number of amides is 2. The summed E-state index contributed by atoms with van der Waals surface area (Å²) in [4.78, 5) is 26.1. The highest BCUT2D eigenvalue weighted by molar-refractivity contribution is 6.07. The van der Waals surface area contributed by atoms with Crippen LogP contribution < -0.4 is 17.2 Å². The van der Waals surface area contributed by atoms with Gasteiger partial charge in [0.2, 0.25) is 6.41 Å². The number of rotatable bonds is 7. The lowest BCUT2D eigenvalue weighted by molar-refractivity contribution is -0.114. The van der Waals surface area contributed by atoms with Gasteiger partial charge in [0.1, 0.15) is 5.82 Å². The Morgan fingerprint density at radius 1 is 1.20 bits per heavy atom. The molecule has 0 radical (unpaired) electrons. The molecule has 0 atom stereocenters. The van der Waals surface area contributed by atoms with E-state index in [-0.39, 0.29) is 29.0 Å². The van der Waals surface area contributed by atoms with Crippen molar-refractivity contribution in [3.8, 4) is 0 Å². The van der Waals surface area contributed by atoms with Crippen molar-refractivity contribution in [2.75, 3.05) is 13.2 Å². The Balaban J connectivity index is 0.00000147. The molecule has 7 N–H and O–H groups in total. The van der Waals surface area contributed by atoms with Gasteiger partial charge in [-0.25, -0.2) is 9.38 Å². The molecule has 0 bridgehead atoms. The quantitative estimate of drug-likeness (QED) is 0.144. The average Bonchev–Trinajstić information content (AvgIpc) is 3.42. The summed E-state index contributed by atoms with van der Waals surface area (Å²) in [5.74, 6) is -1.13. The number of aromatic amines is 1. The van der Waals surface area contributed by atoms with Crippen LogP contribution in [-0.2, 0) is 19.7 Å². The zero-order valence-electron chi connectivity index (χ0n) is 24.3. The predicted molar refractivity (Wildman–Crippen MR) is 160 cm³/mol. The largest absolute Gasteiger partial charge is 0.396 e. The number of primary amides is 2. The molecule has 1 aliphatic rings. The second-order valence-electron chi connectivity index (χ2n) is 10.4. The summed E-state index contributed by atoms with van der Waals surface area (Å²) in [5.41, 5.74) is 23.2. The van der Waals surface area contributed by atoms with Crippen LogP contribution in [0.3, 0.4) is 0 Å². The molecule has 1 fully saturated rings. The first kappa shape index (κ1) is 31.2. The minimum absolute atomic E-state index is 0.0578. The molecule has 218 valence electrons. The van der Waals surface area contributed by atoms with E-state index in [1.807, 2.05) is 39.0 Å². The van der Waals surface area contributed by atoms with Gasteiger partial charge in [0.25, 0.3) is 5.91 Å². The van der Waals surface area contributed by atoms with Crippen LogP contribution in [0.4, 0.5) is 4.39 Å². The second kappa shape index (κ2) is 13.4. The summed E-state index contributed by atoms with van der Waals surface area (Å²) in [5, 5.41) is 8.08. The Hall–Kier alpha value is -4.31. The zero-order chi connectivity index (χ0) is 30.3. The van der Waals surface area contributed by atoms with E-state index in [1.165, 1.54) is 12.1 Å². The highest BCUT2D eigenvalue weighted by Crippen LogP contribution is 2.38. The third-order valence-corrected chi connectivity index (χ3v) is 7.69. The van der Waals surface area contributed by atoms with Crippen molar-refractivity contribution < 1.29 is 18.7 Å². The Kier molecular flexibility index (Phi) is 10.2. The smallest absolute Gasteiger partial charge is 0.269 e. The van der Waals surface area contributed by atoms with Gasteiger partial charge in [-0.15, -0.1) is 0 Å². The molecule has 0 aliphatic carbocycles. The van der Waals surface area contributed by atoms with Crippen LogP contribution in [0.15, 0.2) is 58.5 Å². The first-order valence-corrected chi connectivity index (χ1v) is 13.5. The van der Waals surface area contributed by atoms with E-state index >= 15 is 0 Å². The summed E-state index contributed by atoms with van der Waals surface area (Å²) in [7, 11) is 0. The fourth-order valence-corrected chi connectivity index (χ4v) is 5.24. The minimum atomic E-state index is -0.754. The van der Waals surface area contributed by atoms with Gasteiger partial charge in [-0.05, 0) is 80.3 Å². The van der Waals surface area contributed by atoms with E-state index in [0.29, 0.717) is 36.5 Å². The fourth-order valence-electron chi connectivity index (χ4n) is 5.24. The van der Waals surface area contributed by atoms with Crippen LogP contribution in [0.5, 0.6) is 0 Å². The first-order chi connectivity index (χ1) is 19.5. The van der Waals surface area contributed by atoms with Crippen LogP contribution >= 0.6 is 0 Å². The van der Waals surface area contributed by atoms with Crippen LogP contribution in [0.2, 0.25) is 0 Å². The van der Waals surface area contributed by atoms with Crippen molar-refractivity contribution in [3.05, 3.63) is 81.6 Å². The highest BCUT2D eigenvalue weighted by atomic mass is 19.1. The molecular weight excluding hydrogens is 523 g/mol. The van der Waals surface area contributed by atoms with E-state index in [0.717, 1.165) is 46.0 Å². The lowest BCUT2D eigenvalue weighted by atomic mass is 9.73. The number of benzene rings is 2. The predicted octanol–water partition coefficient (Wildman–Crippen LogP) is 4.53. The Morgan fingerprint density at radius 3 is 2.46 bits per heavy atom. The molecule has 1 aromatic heterocycles. The maximum atomic E-state index is 14.5. The van der Waals surface area contributed by atoms with E-state index in [4.69, 9.17) is 21.0 Å². The monoisotopic (exact) mass is 562 g/mol. The van der Waals surface area contributed by atoms with Gasteiger partial charge in [0.15, 0.2) is 5.70 Å².